The van der Waals surface area contributed by atoms with E-state index in [9.17, 15) is 0 Å². The molecule has 7 atom stereocenters. The van der Waals surface area contributed by atoms with Crippen LogP contribution in [0.3, 0.4) is 0 Å². The fraction of sp³-hybridized carbons (Fsp3) is 0.895. The van der Waals surface area contributed by atoms with Gasteiger partial charge in [0.15, 0.2) is 0 Å². The van der Waals surface area contributed by atoms with Crippen molar-refractivity contribution in [3.05, 3.63) is 12.2 Å². The fourth-order valence-corrected chi connectivity index (χ4v) is 5.54. The normalized spacial score (nSPS) is 42.6. The number of allylic oxidation sites excluding steroid dienone is 2. The van der Waals surface area contributed by atoms with E-state index in [0.29, 0.717) is 0 Å². The summed E-state index contributed by atoms with van der Waals surface area (Å²) >= 11 is 0. The zero-order chi connectivity index (χ0) is 14.0. The Morgan fingerprint density at radius 1 is 1.05 bits per heavy atom. The zero-order valence-electron chi connectivity index (χ0n) is 13.7. The molecule has 2 aliphatic rings. The molecule has 0 amide bonds. The molecule has 2 rings (SSSR count). The van der Waals surface area contributed by atoms with E-state index >= 15 is 0 Å². The van der Waals surface area contributed by atoms with Gasteiger partial charge in [-0.3, -0.25) is 0 Å². The maximum atomic E-state index is 2.57. The van der Waals surface area contributed by atoms with Crippen molar-refractivity contribution in [2.75, 3.05) is 0 Å². The predicted molar refractivity (Wildman–Crippen MR) is 85.0 cm³/mol. The van der Waals surface area contributed by atoms with Crippen molar-refractivity contribution in [2.45, 2.75) is 66.7 Å². The monoisotopic (exact) mass is 262 g/mol. The molecule has 0 saturated heterocycles. The highest BCUT2D eigenvalue weighted by Crippen LogP contribution is 2.69. The summed E-state index contributed by atoms with van der Waals surface area (Å²) < 4.78 is 0. The van der Waals surface area contributed by atoms with E-state index in [1.165, 1.54) is 32.1 Å². The highest BCUT2D eigenvalue weighted by atomic mass is 14.7. The molecular formula is C19H34. The highest BCUT2D eigenvalue weighted by molar-refractivity contribution is 5.12. The van der Waals surface area contributed by atoms with E-state index in [1.54, 1.807) is 0 Å². The van der Waals surface area contributed by atoms with Crippen molar-refractivity contribution in [2.24, 2.45) is 41.4 Å². The zero-order valence-corrected chi connectivity index (χ0v) is 13.7. The molecule has 0 aromatic rings. The largest absolute Gasteiger partial charge is 0.0917 e. The van der Waals surface area contributed by atoms with Gasteiger partial charge in [0, 0.05) is 0 Å². The Kier molecular flexibility index (Phi) is 5.15. The molecule has 7 unspecified atom stereocenters. The van der Waals surface area contributed by atoms with E-state index < -0.39 is 0 Å². The standard InChI is InChI=1S/C19H34/c1-6-10-12-14(8-3)17-13(5)16(11-7-2)18-15(9-4)19(17)18/h6,10,13-19H,7-9,11-12H2,1-5H3/b10-6-. The molecule has 0 aliphatic heterocycles. The third kappa shape index (κ3) is 2.65. The van der Waals surface area contributed by atoms with Gasteiger partial charge in [-0.1, -0.05) is 65.5 Å². The number of hydrogen-bond acceptors (Lipinski definition) is 0. The quantitative estimate of drug-likeness (QED) is 0.499. The molecule has 0 aromatic carbocycles. The predicted octanol–water partition coefficient (Wildman–Crippen LogP) is 5.93. The van der Waals surface area contributed by atoms with E-state index in [2.05, 4.69) is 46.8 Å². The van der Waals surface area contributed by atoms with Gasteiger partial charge in [0.05, 0.1) is 0 Å². The minimum Gasteiger partial charge on any atom is -0.0917 e. The van der Waals surface area contributed by atoms with Crippen LogP contribution in [0.4, 0.5) is 0 Å². The summed E-state index contributed by atoms with van der Waals surface area (Å²) in [5, 5.41) is 0. The molecule has 2 fully saturated rings. The topological polar surface area (TPSA) is 0 Å². The molecule has 19 heavy (non-hydrogen) atoms. The fourth-order valence-electron chi connectivity index (χ4n) is 5.54. The van der Waals surface area contributed by atoms with Crippen LogP contribution in [0.15, 0.2) is 12.2 Å². The summed E-state index contributed by atoms with van der Waals surface area (Å²) in [4.78, 5) is 0. The molecule has 0 nitrogen and oxygen atoms in total. The Morgan fingerprint density at radius 3 is 2.32 bits per heavy atom. The summed E-state index contributed by atoms with van der Waals surface area (Å²) in [6.45, 7) is 11.9. The van der Waals surface area contributed by atoms with Gasteiger partial charge in [0.25, 0.3) is 0 Å². The highest BCUT2D eigenvalue weighted by Gasteiger charge is 2.64. The molecule has 0 spiro atoms. The van der Waals surface area contributed by atoms with E-state index in [1.807, 2.05) is 0 Å². The Morgan fingerprint density at radius 2 is 1.79 bits per heavy atom. The van der Waals surface area contributed by atoms with Gasteiger partial charge >= 0.3 is 0 Å². The van der Waals surface area contributed by atoms with Crippen LogP contribution in [0.2, 0.25) is 0 Å². The summed E-state index contributed by atoms with van der Waals surface area (Å²) in [5.41, 5.74) is 0. The first-order valence-electron chi connectivity index (χ1n) is 8.82. The molecule has 2 saturated carbocycles. The van der Waals surface area contributed by atoms with Gasteiger partial charge in [0.1, 0.15) is 0 Å². The molecule has 110 valence electrons. The maximum Gasteiger partial charge on any atom is -0.0315 e. The lowest BCUT2D eigenvalue weighted by molar-refractivity contribution is 0.171. The molecule has 0 radical (unpaired) electrons. The number of fused-ring (bicyclic) bond motifs is 1. The SMILES string of the molecule is C/C=C\CC(CC)C1C(C)C(CCC)C2C(CC)C12. The first-order valence-corrected chi connectivity index (χ1v) is 8.82. The van der Waals surface area contributed by atoms with Crippen LogP contribution in [-0.4, -0.2) is 0 Å². The molecular weight excluding hydrogens is 228 g/mol. The van der Waals surface area contributed by atoms with Gasteiger partial charge in [-0.25, -0.2) is 0 Å². The van der Waals surface area contributed by atoms with Gasteiger partial charge in [0.2, 0.25) is 0 Å². The van der Waals surface area contributed by atoms with Gasteiger partial charge in [-0.2, -0.15) is 0 Å². The second-order valence-electron chi connectivity index (χ2n) is 7.09. The minimum absolute atomic E-state index is 0.942. The molecule has 0 heteroatoms. The van der Waals surface area contributed by atoms with Gasteiger partial charge in [-0.15, -0.1) is 0 Å². The first-order chi connectivity index (χ1) is 9.21. The van der Waals surface area contributed by atoms with Crippen molar-refractivity contribution in [3.63, 3.8) is 0 Å². The van der Waals surface area contributed by atoms with Crippen LogP contribution in [0.5, 0.6) is 0 Å². The average Bonchev–Trinajstić information content (AvgIpc) is 3.06. The lowest BCUT2D eigenvalue weighted by atomic mass is 9.73. The van der Waals surface area contributed by atoms with Gasteiger partial charge in [-0.05, 0) is 54.8 Å². The van der Waals surface area contributed by atoms with Crippen molar-refractivity contribution < 1.29 is 0 Å². The van der Waals surface area contributed by atoms with Crippen LogP contribution in [0.25, 0.3) is 0 Å². The van der Waals surface area contributed by atoms with Crippen molar-refractivity contribution in [3.8, 4) is 0 Å². The second kappa shape index (κ2) is 6.46. The van der Waals surface area contributed by atoms with Crippen molar-refractivity contribution >= 4 is 0 Å². The second-order valence-corrected chi connectivity index (χ2v) is 7.09. The first kappa shape index (κ1) is 15.1. The van der Waals surface area contributed by atoms with Crippen molar-refractivity contribution in [1.29, 1.82) is 0 Å². The van der Waals surface area contributed by atoms with Gasteiger partial charge < -0.3 is 0 Å². The summed E-state index contributed by atoms with van der Waals surface area (Å²) in [6.07, 6.45) is 11.6. The van der Waals surface area contributed by atoms with E-state index in [0.717, 1.165) is 41.4 Å². The lowest BCUT2D eigenvalue weighted by Crippen LogP contribution is -2.25. The van der Waals surface area contributed by atoms with Crippen LogP contribution >= 0.6 is 0 Å². The molecule has 0 N–H and O–H groups in total. The third-order valence-electron chi connectivity index (χ3n) is 6.35. The van der Waals surface area contributed by atoms with Crippen molar-refractivity contribution in [1.82, 2.24) is 0 Å². The average molecular weight is 262 g/mol. The van der Waals surface area contributed by atoms with Crippen LogP contribution < -0.4 is 0 Å². The summed E-state index contributed by atoms with van der Waals surface area (Å²) in [7, 11) is 0. The van der Waals surface area contributed by atoms with Crippen LogP contribution in [-0.2, 0) is 0 Å². The Bertz CT molecular complexity index is 303. The maximum absolute atomic E-state index is 2.57. The molecule has 0 bridgehead atoms. The Labute approximate surface area is 121 Å². The summed E-state index contributed by atoms with van der Waals surface area (Å²) in [5.74, 6) is 7.26. The lowest BCUT2D eigenvalue weighted by Gasteiger charge is -2.32. The Hall–Kier alpha value is -0.260. The molecule has 0 heterocycles. The number of rotatable bonds is 7. The molecule has 0 aromatic heterocycles. The third-order valence-corrected chi connectivity index (χ3v) is 6.35. The molecule has 2 aliphatic carbocycles. The van der Waals surface area contributed by atoms with E-state index in [4.69, 9.17) is 0 Å². The van der Waals surface area contributed by atoms with E-state index in [-0.39, 0.29) is 0 Å². The number of hydrogen-bond donors (Lipinski definition) is 0. The smallest absolute Gasteiger partial charge is 0.0315 e. The minimum atomic E-state index is 0.942. The Balaban J connectivity index is 2.10. The van der Waals surface area contributed by atoms with Crippen LogP contribution in [0.1, 0.15) is 66.7 Å². The van der Waals surface area contributed by atoms with Crippen LogP contribution in [0, 0.1) is 41.4 Å². The summed E-state index contributed by atoms with van der Waals surface area (Å²) in [6, 6.07) is 0.